The second-order valence-electron chi connectivity index (χ2n) is 5.89. The molecule has 0 spiro atoms. The normalized spacial score (nSPS) is 11.1. The van der Waals surface area contributed by atoms with Gasteiger partial charge in [0.2, 0.25) is 5.78 Å². The van der Waals surface area contributed by atoms with Crippen LogP contribution < -0.4 is 0 Å². The molecular weight excluding hydrogens is 360 g/mol. The molecule has 27 heavy (non-hydrogen) atoms. The highest BCUT2D eigenvalue weighted by Crippen LogP contribution is 2.26. The number of benzene rings is 2. The summed E-state index contributed by atoms with van der Waals surface area (Å²) in [5, 5.41) is 5.37. The molecule has 0 radical (unpaired) electrons. The molecule has 2 heterocycles. The van der Waals surface area contributed by atoms with Crippen molar-refractivity contribution in [3.63, 3.8) is 0 Å². The number of furan rings is 1. The lowest BCUT2D eigenvalue weighted by molar-refractivity contribution is 0.102. The maximum absolute atomic E-state index is 12.2. The number of para-hydroxylation sites is 1. The second-order valence-corrected chi connectivity index (χ2v) is 6.33. The average molecular weight is 375 g/mol. The smallest absolute Gasteiger partial charge is 0.221 e. The van der Waals surface area contributed by atoms with E-state index in [4.69, 9.17) is 21.1 Å². The Hall–Kier alpha value is -3.37. The standard InChI is InChI=1S/C22H15ClN2O2/c23-18-11-8-16(9-12-18)22-17(10-13-20(26)21-7-4-14-27-21)15-25(24-22)19-5-2-1-3-6-19/h1-15H/b13-10+. The maximum Gasteiger partial charge on any atom is 0.221 e. The Bertz CT molecular complexity index is 1080. The first kappa shape index (κ1) is 17.1. The Balaban J connectivity index is 1.75. The third-order valence-electron chi connectivity index (χ3n) is 4.06. The molecular formula is C22H15ClN2O2. The molecule has 4 aromatic rings. The van der Waals surface area contributed by atoms with Crippen LogP contribution in [0.1, 0.15) is 16.1 Å². The van der Waals surface area contributed by atoms with E-state index in [0.29, 0.717) is 10.8 Å². The summed E-state index contributed by atoms with van der Waals surface area (Å²) in [7, 11) is 0. The number of aromatic nitrogens is 2. The van der Waals surface area contributed by atoms with Gasteiger partial charge in [0.15, 0.2) is 5.76 Å². The van der Waals surface area contributed by atoms with Crippen molar-refractivity contribution in [2.24, 2.45) is 0 Å². The average Bonchev–Trinajstić information content (AvgIpc) is 3.38. The van der Waals surface area contributed by atoms with Gasteiger partial charge < -0.3 is 4.42 Å². The van der Waals surface area contributed by atoms with Crippen molar-refractivity contribution in [3.05, 3.63) is 102 Å². The number of hydrogen-bond donors (Lipinski definition) is 0. The summed E-state index contributed by atoms with van der Waals surface area (Å²) >= 11 is 6.01. The first-order valence-electron chi connectivity index (χ1n) is 8.38. The Morgan fingerprint density at radius 3 is 2.48 bits per heavy atom. The zero-order valence-electron chi connectivity index (χ0n) is 14.2. The molecule has 0 bridgehead atoms. The molecule has 0 aliphatic carbocycles. The van der Waals surface area contributed by atoms with Gasteiger partial charge in [0.1, 0.15) is 0 Å². The minimum absolute atomic E-state index is 0.200. The Kier molecular flexibility index (Phi) is 4.73. The lowest BCUT2D eigenvalue weighted by atomic mass is 10.1. The van der Waals surface area contributed by atoms with E-state index >= 15 is 0 Å². The summed E-state index contributed by atoms with van der Waals surface area (Å²) in [5.74, 6) is 0.101. The topological polar surface area (TPSA) is 48.0 Å². The number of ketones is 1. The highest BCUT2D eigenvalue weighted by Gasteiger charge is 2.12. The van der Waals surface area contributed by atoms with Crippen molar-refractivity contribution < 1.29 is 9.21 Å². The van der Waals surface area contributed by atoms with Crippen LogP contribution >= 0.6 is 11.6 Å². The van der Waals surface area contributed by atoms with Gasteiger partial charge in [-0.05, 0) is 48.6 Å². The zero-order chi connectivity index (χ0) is 18.6. The SMILES string of the molecule is O=C(/C=C/c1cn(-c2ccccc2)nc1-c1ccc(Cl)cc1)c1ccco1. The lowest BCUT2D eigenvalue weighted by Gasteiger charge is -2.00. The predicted octanol–water partition coefficient (Wildman–Crippen LogP) is 5.68. The molecule has 0 aliphatic heterocycles. The molecule has 0 saturated carbocycles. The van der Waals surface area contributed by atoms with E-state index in [9.17, 15) is 4.79 Å². The minimum atomic E-state index is -0.200. The van der Waals surface area contributed by atoms with Gasteiger partial charge in [0.05, 0.1) is 17.6 Å². The van der Waals surface area contributed by atoms with E-state index in [-0.39, 0.29) is 5.78 Å². The van der Waals surface area contributed by atoms with E-state index in [1.54, 1.807) is 22.9 Å². The van der Waals surface area contributed by atoms with Crippen LogP contribution in [0.5, 0.6) is 0 Å². The minimum Gasteiger partial charge on any atom is -0.461 e. The fourth-order valence-electron chi connectivity index (χ4n) is 2.72. The molecule has 0 N–H and O–H groups in total. The first-order chi connectivity index (χ1) is 13.2. The van der Waals surface area contributed by atoms with E-state index in [0.717, 1.165) is 22.5 Å². The largest absolute Gasteiger partial charge is 0.461 e. The van der Waals surface area contributed by atoms with Crippen LogP contribution in [0.4, 0.5) is 0 Å². The van der Waals surface area contributed by atoms with Gasteiger partial charge in [-0.2, -0.15) is 5.10 Å². The van der Waals surface area contributed by atoms with Gasteiger partial charge in [-0.25, -0.2) is 4.68 Å². The monoisotopic (exact) mass is 374 g/mol. The fourth-order valence-corrected chi connectivity index (χ4v) is 2.85. The third-order valence-corrected chi connectivity index (χ3v) is 4.31. The van der Waals surface area contributed by atoms with Crippen molar-refractivity contribution in [3.8, 4) is 16.9 Å². The highest BCUT2D eigenvalue weighted by molar-refractivity contribution is 6.30. The quantitative estimate of drug-likeness (QED) is 0.333. The van der Waals surface area contributed by atoms with Crippen LogP contribution in [-0.2, 0) is 0 Å². The van der Waals surface area contributed by atoms with E-state index in [1.807, 2.05) is 60.8 Å². The van der Waals surface area contributed by atoms with Crippen LogP contribution in [-0.4, -0.2) is 15.6 Å². The van der Waals surface area contributed by atoms with Gasteiger partial charge >= 0.3 is 0 Å². The van der Waals surface area contributed by atoms with E-state index in [2.05, 4.69) is 0 Å². The van der Waals surface area contributed by atoms with Crippen molar-refractivity contribution in [2.45, 2.75) is 0 Å². The number of nitrogens with zero attached hydrogens (tertiary/aromatic N) is 2. The van der Waals surface area contributed by atoms with Crippen LogP contribution in [0.2, 0.25) is 5.02 Å². The molecule has 5 heteroatoms. The number of halogens is 1. The van der Waals surface area contributed by atoms with Gasteiger partial charge in [-0.3, -0.25) is 4.79 Å². The summed E-state index contributed by atoms with van der Waals surface area (Å²) in [6.07, 6.45) is 6.62. The van der Waals surface area contributed by atoms with E-state index < -0.39 is 0 Å². The molecule has 0 atom stereocenters. The number of rotatable bonds is 5. The molecule has 132 valence electrons. The number of carbonyl (C=O) groups is 1. The third kappa shape index (κ3) is 3.76. The van der Waals surface area contributed by atoms with Crippen LogP contribution in [0, 0.1) is 0 Å². The molecule has 0 fully saturated rings. The first-order valence-corrected chi connectivity index (χ1v) is 8.75. The Morgan fingerprint density at radius 2 is 1.78 bits per heavy atom. The van der Waals surface area contributed by atoms with Crippen molar-refractivity contribution >= 4 is 23.5 Å². The Labute approximate surface area is 161 Å². The summed E-state index contributed by atoms with van der Waals surface area (Å²) < 4.78 is 6.94. The van der Waals surface area contributed by atoms with Crippen LogP contribution in [0.15, 0.2) is 89.7 Å². The highest BCUT2D eigenvalue weighted by atomic mass is 35.5. The van der Waals surface area contributed by atoms with Gasteiger partial charge in [0, 0.05) is 22.3 Å². The molecule has 0 saturated heterocycles. The van der Waals surface area contributed by atoms with Crippen LogP contribution in [0.3, 0.4) is 0 Å². The molecule has 0 aliphatic rings. The van der Waals surface area contributed by atoms with Crippen molar-refractivity contribution in [1.82, 2.24) is 9.78 Å². The van der Waals surface area contributed by atoms with Crippen molar-refractivity contribution in [2.75, 3.05) is 0 Å². The Morgan fingerprint density at radius 1 is 1.00 bits per heavy atom. The summed E-state index contributed by atoms with van der Waals surface area (Å²) in [4.78, 5) is 12.2. The molecule has 2 aromatic carbocycles. The maximum atomic E-state index is 12.2. The second kappa shape index (κ2) is 7.48. The number of carbonyl (C=O) groups excluding carboxylic acids is 1. The van der Waals surface area contributed by atoms with E-state index in [1.165, 1.54) is 12.3 Å². The zero-order valence-corrected chi connectivity index (χ0v) is 15.0. The van der Waals surface area contributed by atoms with Gasteiger partial charge in [-0.1, -0.05) is 41.9 Å². The number of hydrogen-bond acceptors (Lipinski definition) is 3. The molecule has 4 rings (SSSR count). The molecule has 0 unspecified atom stereocenters. The predicted molar refractivity (Wildman–Crippen MR) is 106 cm³/mol. The molecule has 2 aromatic heterocycles. The van der Waals surface area contributed by atoms with Gasteiger partial charge in [0.25, 0.3) is 0 Å². The lowest BCUT2D eigenvalue weighted by Crippen LogP contribution is -1.93. The molecule has 0 amide bonds. The number of allylic oxidation sites excluding steroid dienone is 1. The summed E-state index contributed by atoms with van der Waals surface area (Å²) in [6.45, 7) is 0. The van der Waals surface area contributed by atoms with Crippen molar-refractivity contribution in [1.29, 1.82) is 0 Å². The summed E-state index contributed by atoms with van der Waals surface area (Å²) in [6, 6.07) is 20.6. The fraction of sp³-hybridized carbons (Fsp3) is 0. The molecule has 4 nitrogen and oxygen atoms in total. The van der Waals surface area contributed by atoms with Gasteiger partial charge in [-0.15, -0.1) is 0 Å². The van der Waals surface area contributed by atoms with Crippen LogP contribution in [0.25, 0.3) is 23.0 Å². The summed E-state index contributed by atoms with van der Waals surface area (Å²) in [5.41, 5.74) is 3.43.